The number of rotatable bonds is 4. The molecule has 3 aromatic rings. The molecule has 0 saturated heterocycles. The number of hydrogen-bond donors (Lipinski definition) is 1. The number of halogens is 2. The average molecular weight is 444 g/mol. The molecule has 0 radical (unpaired) electrons. The third kappa shape index (κ3) is 3.81. The SMILES string of the molecule is Cc1c(C(C)C(=O)OC2CCCC2)c2c(F)c(O)ccc2n1C(=O)c1cccc(Cl)c1. The molecule has 162 valence electrons. The Morgan fingerprint density at radius 1 is 1.23 bits per heavy atom. The molecule has 31 heavy (non-hydrogen) atoms. The highest BCUT2D eigenvalue weighted by molar-refractivity contribution is 6.31. The van der Waals surface area contributed by atoms with E-state index in [0.29, 0.717) is 21.8 Å². The highest BCUT2D eigenvalue weighted by Crippen LogP contribution is 2.38. The molecule has 1 N–H and O–H groups in total. The molecule has 1 saturated carbocycles. The Hall–Kier alpha value is -2.86. The van der Waals surface area contributed by atoms with Gasteiger partial charge >= 0.3 is 5.97 Å². The number of esters is 1. The van der Waals surface area contributed by atoms with Crippen molar-refractivity contribution < 1.29 is 23.8 Å². The molecule has 1 unspecified atom stereocenters. The molecule has 1 atom stereocenters. The van der Waals surface area contributed by atoms with Crippen molar-refractivity contribution in [3.8, 4) is 5.75 Å². The lowest BCUT2D eigenvalue weighted by molar-refractivity contribution is -0.150. The van der Waals surface area contributed by atoms with Crippen LogP contribution in [0.25, 0.3) is 10.9 Å². The number of aromatic nitrogens is 1. The van der Waals surface area contributed by atoms with Gasteiger partial charge in [-0.25, -0.2) is 4.39 Å². The predicted molar refractivity (Wildman–Crippen MR) is 116 cm³/mol. The molecular weight excluding hydrogens is 421 g/mol. The maximum absolute atomic E-state index is 15.1. The molecule has 1 aliphatic carbocycles. The van der Waals surface area contributed by atoms with Crippen LogP contribution < -0.4 is 0 Å². The summed E-state index contributed by atoms with van der Waals surface area (Å²) in [6, 6.07) is 9.14. The topological polar surface area (TPSA) is 68.5 Å². The second-order valence-corrected chi connectivity index (χ2v) is 8.44. The summed E-state index contributed by atoms with van der Waals surface area (Å²) in [7, 11) is 0. The summed E-state index contributed by atoms with van der Waals surface area (Å²) >= 11 is 6.04. The van der Waals surface area contributed by atoms with Crippen LogP contribution in [0.2, 0.25) is 5.02 Å². The number of aromatic hydroxyl groups is 1. The molecule has 1 aromatic heterocycles. The molecule has 7 heteroatoms. The quantitative estimate of drug-likeness (QED) is 0.523. The van der Waals surface area contributed by atoms with E-state index in [1.165, 1.54) is 22.8 Å². The van der Waals surface area contributed by atoms with Crippen molar-refractivity contribution >= 4 is 34.4 Å². The number of hydrogen-bond acceptors (Lipinski definition) is 4. The molecule has 0 spiro atoms. The summed E-state index contributed by atoms with van der Waals surface area (Å²) in [5.74, 6) is -3.09. The largest absolute Gasteiger partial charge is 0.505 e. The minimum atomic E-state index is -0.867. The third-order valence-electron chi connectivity index (χ3n) is 5.98. The van der Waals surface area contributed by atoms with Gasteiger partial charge in [-0.1, -0.05) is 17.7 Å². The lowest BCUT2D eigenvalue weighted by Crippen LogP contribution is -2.20. The van der Waals surface area contributed by atoms with Crippen LogP contribution in [0.4, 0.5) is 4.39 Å². The lowest BCUT2D eigenvalue weighted by Gasteiger charge is -2.17. The highest BCUT2D eigenvalue weighted by Gasteiger charge is 2.31. The van der Waals surface area contributed by atoms with E-state index in [-0.39, 0.29) is 17.0 Å². The number of nitrogens with zero attached hydrogens (tertiary/aromatic N) is 1. The molecule has 0 amide bonds. The highest BCUT2D eigenvalue weighted by atomic mass is 35.5. The predicted octanol–water partition coefficient (Wildman–Crippen LogP) is 5.73. The normalized spacial score (nSPS) is 15.4. The molecule has 1 fully saturated rings. The van der Waals surface area contributed by atoms with Crippen molar-refractivity contribution in [3.05, 3.63) is 64.1 Å². The summed E-state index contributed by atoms with van der Waals surface area (Å²) in [5.41, 5.74) is 1.35. The number of carbonyl (C=O) groups excluding carboxylic acids is 2. The number of phenols is 1. The number of ether oxygens (including phenoxy) is 1. The van der Waals surface area contributed by atoms with Gasteiger partial charge in [-0.05, 0) is 75.4 Å². The van der Waals surface area contributed by atoms with Crippen LogP contribution in [0.1, 0.15) is 60.1 Å². The fourth-order valence-corrected chi connectivity index (χ4v) is 4.60. The van der Waals surface area contributed by atoms with Gasteiger partial charge < -0.3 is 9.84 Å². The molecule has 1 aliphatic rings. The Labute approximate surface area is 184 Å². The Kier molecular flexibility index (Phi) is 5.75. The van der Waals surface area contributed by atoms with Crippen LogP contribution in [0.3, 0.4) is 0 Å². The van der Waals surface area contributed by atoms with Crippen LogP contribution >= 0.6 is 11.6 Å². The van der Waals surface area contributed by atoms with E-state index in [1.54, 1.807) is 32.0 Å². The monoisotopic (exact) mass is 443 g/mol. The Morgan fingerprint density at radius 2 is 1.94 bits per heavy atom. The van der Waals surface area contributed by atoms with Gasteiger partial charge in [0.05, 0.1) is 11.4 Å². The van der Waals surface area contributed by atoms with Crippen LogP contribution in [0.5, 0.6) is 5.75 Å². The summed E-state index contributed by atoms with van der Waals surface area (Å²) in [5, 5.41) is 10.4. The van der Waals surface area contributed by atoms with Gasteiger partial charge in [0.25, 0.3) is 5.91 Å². The average Bonchev–Trinajstić information content (AvgIpc) is 3.35. The van der Waals surface area contributed by atoms with E-state index < -0.39 is 29.4 Å². The first-order valence-corrected chi connectivity index (χ1v) is 10.7. The van der Waals surface area contributed by atoms with E-state index in [1.807, 2.05) is 0 Å². The summed E-state index contributed by atoms with van der Waals surface area (Å²) in [6.07, 6.45) is 3.54. The number of phenolic OH excluding ortho intramolecular Hbond substituents is 1. The van der Waals surface area contributed by atoms with Crippen LogP contribution in [-0.2, 0) is 9.53 Å². The first-order valence-electron chi connectivity index (χ1n) is 10.3. The van der Waals surface area contributed by atoms with Crippen LogP contribution in [0.15, 0.2) is 36.4 Å². The lowest BCUT2D eigenvalue weighted by atomic mass is 9.97. The molecule has 1 heterocycles. The van der Waals surface area contributed by atoms with Crippen LogP contribution in [0, 0.1) is 12.7 Å². The molecule has 5 nitrogen and oxygen atoms in total. The number of fused-ring (bicyclic) bond motifs is 1. The third-order valence-corrected chi connectivity index (χ3v) is 6.22. The van der Waals surface area contributed by atoms with Crippen LogP contribution in [-0.4, -0.2) is 27.7 Å². The van der Waals surface area contributed by atoms with Crippen molar-refractivity contribution in [2.75, 3.05) is 0 Å². The van der Waals surface area contributed by atoms with E-state index in [2.05, 4.69) is 0 Å². The van der Waals surface area contributed by atoms with Gasteiger partial charge in [0, 0.05) is 21.7 Å². The smallest absolute Gasteiger partial charge is 0.313 e. The Balaban J connectivity index is 1.85. The standard InChI is InChI=1S/C24H23ClFNO4/c1-13(24(30)31-17-8-3-4-9-17)20-14(2)27(18-10-11-19(28)22(26)21(18)20)23(29)15-6-5-7-16(25)12-15/h5-7,10-13,17,28H,3-4,8-9H2,1-2H3. The van der Waals surface area contributed by atoms with Gasteiger partial charge in [0.2, 0.25) is 0 Å². The molecule has 0 aliphatic heterocycles. The molecule has 4 rings (SSSR count). The minimum absolute atomic E-state index is 0.0451. The van der Waals surface area contributed by atoms with Gasteiger partial charge in [0.15, 0.2) is 11.6 Å². The zero-order chi connectivity index (χ0) is 22.3. The first-order chi connectivity index (χ1) is 14.8. The molecular formula is C24H23ClFNO4. The van der Waals surface area contributed by atoms with E-state index in [4.69, 9.17) is 16.3 Å². The fraction of sp³-hybridized carbons (Fsp3) is 0.333. The van der Waals surface area contributed by atoms with Gasteiger partial charge in [-0.2, -0.15) is 0 Å². The minimum Gasteiger partial charge on any atom is -0.505 e. The Bertz CT molecular complexity index is 1180. The Morgan fingerprint density at radius 3 is 2.61 bits per heavy atom. The maximum Gasteiger partial charge on any atom is 0.313 e. The van der Waals surface area contributed by atoms with Gasteiger partial charge in [-0.15, -0.1) is 0 Å². The van der Waals surface area contributed by atoms with Crippen molar-refractivity contribution in [1.29, 1.82) is 0 Å². The van der Waals surface area contributed by atoms with E-state index in [9.17, 15) is 14.7 Å². The second kappa shape index (κ2) is 8.35. The summed E-state index contributed by atoms with van der Waals surface area (Å²) < 4.78 is 22.1. The zero-order valence-corrected chi connectivity index (χ0v) is 18.1. The summed E-state index contributed by atoms with van der Waals surface area (Å²) in [6.45, 7) is 3.30. The number of carbonyl (C=O) groups is 2. The second-order valence-electron chi connectivity index (χ2n) is 8.01. The van der Waals surface area contributed by atoms with E-state index in [0.717, 1.165) is 25.7 Å². The van der Waals surface area contributed by atoms with E-state index >= 15 is 4.39 Å². The fourth-order valence-electron chi connectivity index (χ4n) is 4.41. The van der Waals surface area contributed by atoms with Crippen molar-refractivity contribution in [2.24, 2.45) is 0 Å². The molecule has 0 bridgehead atoms. The zero-order valence-electron chi connectivity index (χ0n) is 17.3. The number of benzene rings is 2. The maximum atomic E-state index is 15.1. The molecule has 2 aromatic carbocycles. The van der Waals surface area contributed by atoms with Crippen molar-refractivity contribution in [1.82, 2.24) is 4.57 Å². The van der Waals surface area contributed by atoms with Crippen molar-refractivity contribution in [2.45, 2.75) is 51.6 Å². The first kappa shape index (κ1) is 21.4. The summed E-state index contributed by atoms with van der Waals surface area (Å²) in [4.78, 5) is 26.2. The van der Waals surface area contributed by atoms with Gasteiger partial charge in [0.1, 0.15) is 6.10 Å². The van der Waals surface area contributed by atoms with Crippen molar-refractivity contribution in [3.63, 3.8) is 0 Å². The van der Waals surface area contributed by atoms with Gasteiger partial charge in [-0.3, -0.25) is 14.2 Å².